The van der Waals surface area contributed by atoms with Gasteiger partial charge in [-0.3, -0.25) is 4.79 Å². The molecule has 0 radical (unpaired) electrons. The molecular weight excluding hydrogens is 309 g/mol. The molecule has 1 heterocycles. The van der Waals surface area contributed by atoms with E-state index in [2.05, 4.69) is 0 Å². The maximum absolute atomic E-state index is 14.0. The summed E-state index contributed by atoms with van der Waals surface area (Å²) in [4.78, 5) is 14.4. The number of aliphatic hydroxyl groups excluding tert-OH is 1. The first-order chi connectivity index (χ1) is 10.5. The van der Waals surface area contributed by atoms with Crippen LogP contribution < -0.4 is 0 Å². The van der Waals surface area contributed by atoms with Crippen molar-refractivity contribution in [1.29, 1.82) is 0 Å². The van der Waals surface area contributed by atoms with Gasteiger partial charge in [-0.1, -0.05) is 17.7 Å². The van der Waals surface area contributed by atoms with Crippen LogP contribution in [0.25, 0.3) is 0 Å². The molecule has 3 rings (SSSR count). The quantitative estimate of drug-likeness (QED) is 0.926. The third-order valence-corrected chi connectivity index (χ3v) is 4.80. The van der Waals surface area contributed by atoms with Crippen molar-refractivity contribution >= 4 is 17.5 Å². The normalized spacial score (nSPS) is 31.2. The van der Waals surface area contributed by atoms with Gasteiger partial charge in [0, 0.05) is 29.0 Å². The van der Waals surface area contributed by atoms with E-state index in [1.165, 1.54) is 6.07 Å². The number of rotatable bonds is 3. The first kappa shape index (κ1) is 15.7. The minimum atomic E-state index is -0.351. The molecule has 4 nitrogen and oxygen atoms in total. The number of halogens is 2. The van der Waals surface area contributed by atoms with E-state index in [9.17, 15) is 14.3 Å². The lowest BCUT2D eigenvalue weighted by Gasteiger charge is -2.37. The molecule has 1 saturated heterocycles. The lowest BCUT2D eigenvalue weighted by atomic mass is 10.1. The molecule has 0 unspecified atom stereocenters. The molecule has 4 atom stereocenters. The molecule has 1 aromatic carbocycles. The molecule has 1 aliphatic heterocycles. The molecule has 2 fully saturated rings. The smallest absolute Gasteiger partial charge is 0.226 e. The van der Waals surface area contributed by atoms with E-state index in [1.807, 2.05) is 6.92 Å². The number of carbonyl (C=O) groups excluding carboxylic acids is 1. The van der Waals surface area contributed by atoms with Crippen LogP contribution >= 0.6 is 11.6 Å². The molecule has 2 aliphatic rings. The van der Waals surface area contributed by atoms with Crippen LogP contribution in [0.2, 0.25) is 5.02 Å². The number of morpholine rings is 1. The fourth-order valence-electron chi connectivity index (χ4n) is 3.10. The van der Waals surface area contributed by atoms with Crippen LogP contribution in [0, 0.1) is 11.7 Å². The van der Waals surface area contributed by atoms with Gasteiger partial charge in [0.15, 0.2) is 0 Å². The Kier molecular flexibility index (Phi) is 4.39. The molecule has 0 spiro atoms. The van der Waals surface area contributed by atoms with Gasteiger partial charge in [-0.25, -0.2) is 4.39 Å². The van der Waals surface area contributed by atoms with Crippen molar-refractivity contribution in [3.63, 3.8) is 0 Å². The lowest BCUT2D eigenvalue weighted by Crippen LogP contribution is -2.52. The van der Waals surface area contributed by atoms with Crippen molar-refractivity contribution in [2.24, 2.45) is 5.92 Å². The highest BCUT2D eigenvalue weighted by Crippen LogP contribution is 2.51. The second-order valence-electron chi connectivity index (χ2n) is 6.06. The zero-order valence-corrected chi connectivity index (χ0v) is 13.1. The SMILES string of the molecule is C[C@@H]1CO[C@H](CO)CN1C(=O)[C@H]1C[C@@H]1c1c(F)cccc1Cl. The van der Waals surface area contributed by atoms with Crippen LogP contribution in [0.3, 0.4) is 0 Å². The van der Waals surface area contributed by atoms with Gasteiger partial charge in [0.25, 0.3) is 0 Å². The van der Waals surface area contributed by atoms with E-state index < -0.39 is 0 Å². The van der Waals surface area contributed by atoms with E-state index in [4.69, 9.17) is 16.3 Å². The fourth-order valence-corrected chi connectivity index (χ4v) is 3.40. The van der Waals surface area contributed by atoms with Crippen molar-refractivity contribution in [2.75, 3.05) is 19.8 Å². The Labute approximate surface area is 133 Å². The average Bonchev–Trinajstić information content (AvgIpc) is 3.27. The summed E-state index contributed by atoms with van der Waals surface area (Å²) in [5, 5.41) is 9.58. The summed E-state index contributed by atoms with van der Waals surface area (Å²) in [5.41, 5.74) is 0.446. The topological polar surface area (TPSA) is 49.8 Å². The Balaban J connectivity index is 1.72. The number of ether oxygens (including phenoxy) is 1. The molecule has 1 saturated carbocycles. The Morgan fingerprint density at radius 3 is 3.00 bits per heavy atom. The van der Waals surface area contributed by atoms with Gasteiger partial charge in [-0.05, 0) is 25.5 Å². The third-order valence-electron chi connectivity index (χ3n) is 4.47. The van der Waals surface area contributed by atoms with Crippen LogP contribution in [0.1, 0.15) is 24.8 Å². The zero-order valence-electron chi connectivity index (χ0n) is 12.3. The maximum atomic E-state index is 14.0. The summed E-state index contributed by atoms with van der Waals surface area (Å²) in [5.74, 6) is -0.729. The number of benzene rings is 1. The van der Waals surface area contributed by atoms with Gasteiger partial charge in [-0.15, -0.1) is 0 Å². The van der Waals surface area contributed by atoms with Crippen molar-refractivity contribution < 1.29 is 19.0 Å². The van der Waals surface area contributed by atoms with Crippen LogP contribution in [0.15, 0.2) is 18.2 Å². The summed E-state index contributed by atoms with van der Waals surface area (Å²) in [7, 11) is 0. The highest BCUT2D eigenvalue weighted by Gasteiger charge is 2.49. The molecule has 1 N–H and O–H groups in total. The molecule has 1 aliphatic carbocycles. The molecule has 120 valence electrons. The monoisotopic (exact) mass is 327 g/mol. The third kappa shape index (κ3) is 2.85. The molecular formula is C16H19ClFNO3. The maximum Gasteiger partial charge on any atom is 0.226 e. The minimum Gasteiger partial charge on any atom is -0.394 e. The van der Waals surface area contributed by atoms with Gasteiger partial charge in [0.05, 0.1) is 25.4 Å². The van der Waals surface area contributed by atoms with E-state index in [0.29, 0.717) is 30.2 Å². The van der Waals surface area contributed by atoms with Gasteiger partial charge < -0.3 is 14.7 Å². The van der Waals surface area contributed by atoms with Crippen molar-refractivity contribution in [3.8, 4) is 0 Å². The number of amides is 1. The van der Waals surface area contributed by atoms with Gasteiger partial charge in [0.2, 0.25) is 5.91 Å². The van der Waals surface area contributed by atoms with Crippen molar-refractivity contribution in [2.45, 2.75) is 31.4 Å². The highest BCUT2D eigenvalue weighted by molar-refractivity contribution is 6.31. The summed E-state index contributed by atoms with van der Waals surface area (Å²) < 4.78 is 19.4. The van der Waals surface area contributed by atoms with Gasteiger partial charge >= 0.3 is 0 Å². The second kappa shape index (κ2) is 6.14. The van der Waals surface area contributed by atoms with Gasteiger partial charge in [-0.2, -0.15) is 0 Å². The summed E-state index contributed by atoms with van der Waals surface area (Å²) >= 11 is 6.08. The predicted molar refractivity (Wildman–Crippen MR) is 80.3 cm³/mol. The highest BCUT2D eigenvalue weighted by atomic mass is 35.5. The summed E-state index contributed by atoms with van der Waals surface area (Å²) in [6, 6.07) is 4.56. The zero-order chi connectivity index (χ0) is 15.9. The number of aliphatic hydroxyl groups is 1. The van der Waals surface area contributed by atoms with E-state index >= 15 is 0 Å². The summed E-state index contributed by atoms with van der Waals surface area (Å²) in [6.45, 7) is 2.60. The largest absolute Gasteiger partial charge is 0.394 e. The van der Waals surface area contributed by atoms with E-state index in [0.717, 1.165) is 0 Å². The van der Waals surface area contributed by atoms with Crippen LogP contribution in [0.4, 0.5) is 4.39 Å². The second-order valence-corrected chi connectivity index (χ2v) is 6.47. The predicted octanol–water partition coefficient (Wildman–Crippen LogP) is 2.19. The molecule has 0 aromatic heterocycles. The number of carbonyl (C=O) groups is 1. The van der Waals surface area contributed by atoms with E-state index in [1.54, 1.807) is 17.0 Å². The van der Waals surface area contributed by atoms with E-state index in [-0.39, 0.29) is 42.3 Å². The molecule has 1 amide bonds. The summed E-state index contributed by atoms with van der Waals surface area (Å²) in [6.07, 6.45) is 0.280. The standard InChI is InChI=1S/C16H19ClFNO3/c1-9-8-22-10(7-20)6-19(9)16(21)12-5-11(12)15-13(17)3-2-4-14(15)18/h2-4,9-12,20H,5-8H2,1H3/t9-,10+,11+,12+/m1/s1. The molecule has 6 heteroatoms. The Hall–Kier alpha value is -1.17. The first-order valence-electron chi connectivity index (χ1n) is 7.49. The van der Waals surface area contributed by atoms with Gasteiger partial charge in [0.1, 0.15) is 5.82 Å². The molecule has 22 heavy (non-hydrogen) atoms. The molecule has 0 bridgehead atoms. The first-order valence-corrected chi connectivity index (χ1v) is 7.87. The van der Waals surface area contributed by atoms with Crippen molar-refractivity contribution in [3.05, 3.63) is 34.6 Å². The number of hydrogen-bond donors (Lipinski definition) is 1. The Bertz CT molecular complexity index is 562. The fraction of sp³-hybridized carbons (Fsp3) is 0.562. The van der Waals surface area contributed by atoms with Crippen LogP contribution in [0.5, 0.6) is 0 Å². The minimum absolute atomic E-state index is 0.00132. The van der Waals surface area contributed by atoms with Crippen LogP contribution in [-0.2, 0) is 9.53 Å². The van der Waals surface area contributed by atoms with Crippen LogP contribution in [-0.4, -0.2) is 47.8 Å². The molecule has 1 aromatic rings. The lowest BCUT2D eigenvalue weighted by molar-refractivity contribution is -0.147. The Morgan fingerprint density at radius 1 is 1.55 bits per heavy atom. The average molecular weight is 328 g/mol. The number of hydrogen-bond acceptors (Lipinski definition) is 3. The Morgan fingerprint density at radius 2 is 2.32 bits per heavy atom. The van der Waals surface area contributed by atoms with Crippen molar-refractivity contribution in [1.82, 2.24) is 4.90 Å². The number of nitrogens with zero attached hydrogens (tertiary/aromatic N) is 1.